The standard InChI is InChI=1S/C30H41ClFN5O3/c1-5-6-24-19-36(26(27(38)34-4)18-21-7-11-22(31)12-8-21)15-16-37(24)28(39)25(35-29(40)30(2,3)33)17-20-9-13-23(32)14-10-20/h7-14,24-26H,5-6,15-19,33H2,1-4H3,(H,34,38)(H,35,40). The molecule has 2 aromatic rings. The van der Waals surface area contributed by atoms with Crippen LogP contribution in [0.3, 0.4) is 0 Å². The van der Waals surface area contributed by atoms with Crippen molar-refractivity contribution in [1.82, 2.24) is 20.4 Å². The molecule has 0 aliphatic carbocycles. The number of nitrogens with two attached hydrogens (primary N) is 1. The summed E-state index contributed by atoms with van der Waals surface area (Å²) in [5.74, 6) is -1.12. The Hall–Kier alpha value is -3.01. The molecular formula is C30H41ClFN5O3. The highest BCUT2D eigenvalue weighted by atomic mass is 35.5. The van der Waals surface area contributed by atoms with Crippen LogP contribution in [0.4, 0.5) is 4.39 Å². The van der Waals surface area contributed by atoms with Crippen LogP contribution in [0.15, 0.2) is 48.5 Å². The Balaban J connectivity index is 1.83. The minimum atomic E-state index is -1.18. The minimum absolute atomic E-state index is 0.0865. The molecule has 1 saturated heterocycles. The average molecular weight is 574 g/mol. The summed E-state index contributed by atoms with van der Waals surface area (Å²) in [7, 11) is 1.63. The maximum atomic E-state index is 14.0. The van der Waals surface area contributed by atoms with Crippen LogP contribution in [-0.4, -0.2) is 77.9 Å². The van der Waals surface area contributed by atoms with E-state index in [-0.39, 0.29) is 30.1 Å². The molecule has 3 unspecified atom stereocenters. The molecule has 40 heavy (non-hydrogen) atoms. The Bertz CT molecular complexity index is 1150. The Kier molecular flexibility index (Phi) is 11.1. The van der Waals surface area contributed by atoms with Crippen LogP contribution >= 0.6 is 11.6 Å². The Morgan fingerprint density at radius 3 is 2.23 bits per heavy atom. The van der Waals surface area contributed by atoms with Gasteiger partial charge in [0.25, 0.3) is 0 Å². The zero-order valence-corrected chi connectivity index (χ0v) is 24.5. The van der Waals surface area contributed by atoms with E-state index in [0.717, 1.165) is 24.0 Å². The van der Waals surface area contributed by atoms with Crippen molar-refractivity contribution in [3.8, 4) is 0 Å². The lowest BCUT2D eigenvalue weighted by Crippen LogP contribution is -2.64. The molecule has 1 aliphatic rings. The fourth-order valence-corrected chi connectivity index (χ4v) is 5.16. The number of nitrogens with one attached hydrogen (secondary N) is 2. The highest BCUT2D eigenvalue weighted by Gasteiger charge is 2.38. The van der Waals surface area contributed by atoms with E-state index >= 15 is 0 Å². The van der Waals surface area contributed by atoms with Crippen LogP contribution in [-0.2, 0) is 27.2 Å². The predicted molar refractivity (Wildman–Crippen MR) is 155 cm³/mol. The van der Waals surface area contributed by atoms with Crippen LogP contribution in [0.2, 0.25) is 5.02 Å². The number of carbonyl (C=O) groups is 3. The van der Waals surface area contributed by atoms with Gasteiger partial charge in [0.1, 0.15) is 11.9 Å². The van der Waals surface area contributed by atoms with Gasteiger partial charge in [-0.3, -0.25) is 19.3 Å². The summed E-state index contributed by atoms with van der Waals surface area (Å²) in [5.41, 5.74) is 6.57. The van der Waals surface area contributed by atoms with Crippen molar-refractivity contribution in [2.24, 2.45) is 5.73 Å². The van der Waals surface area contributed by atoms with E-state index in [1.165, 1.54) is 12.1 Å². The zero-order chi connectivity index (χ0) is 29.4. The topological polar surface area (TPSA) is 108 Å². The van der Waals surface area contributed by atoms with Crippen molar-refractivity contribution in [2.45, 2.75) is 70.1 Å². The third-order valence-corrected chi connectivity index (χ3v) is 7.54. The average Bonchev–Trinajstić information content (AvgIpc) is 2.92. The minimum Gasteiger partial charge on any atom is -0.358 e. The molecule has 1 aliphatic heterocycles. The maximum Gasteiger partial charge on any atom is 0.245 e. The third-order valence-electron chi connectivity index (χ3n) is 7.29. The Labute approximate surface area is 241 Å². The summed E-state index contributed by atoms with van der Waals surface area (Å²) in [4.78, 5) is 43.7. The van der Waals surface area contributed by atoms with Gasteiger partial charge < -0.3 is 21.3 Å². The summed E-state index contributed by atoms with van der Waals surface area (Å²) >= 11 is 6.05. The number of amides is 3. The fourth-order valence-electron chi connectivity index (χ4n) is 5.03. The van der Waals surface area contributed by atoms with Crippen molar-refractivity contribution in [3.63, 3.8) is 0 Å². The normalized spacial score (nSPS) is 17.7. The molecule has 10 heteroatoms. The molecule has 218 valence electrons. The Morgan fingerprint density at radius 1 is 1.05 bits per heavy atom. The molecule has 3 amide bonds. The van der Waals surface area contributed by atoms with E-state index in [2.05, 4.69) is 22.5 Å². The number of rotatable bonds is 11. The smallest absolute Gasteiger partial charge is 0.245 e. The molecule has 8 nitrogen and oxygen atoms in total. The number of piperazine rings is 1. The van der Waals surface area contributed by atoms with Gasteiger partial charge >= 0.3 is 0 Å². The zero-order valence-electron chi connectivity index (χ0n) is 23.8. The monoisotopic (exact) mass is 573 g/mol. The van der Waals surface area contributed by atoms with E-state index < -0.39 is 23.5 Å². The number of benzene rings is 2. The SMILES string of the molecule is CCCC1CN(C(Cc2ccc(Cl)cc2)C(=O)NC)CCN1C(=O)C(Cc1ccc(F)cc1)NC(=O)C(C)(C)N. The van der Waals surface area contributed by atoms with Crippen molar-refractivity contribution < 1.29 is 18.8 Å². The molecule has 0 bridgehead atoms. The van der Waals surface area contributed by atoms with Gasteiger partial charge in [-0.15, -0.1) is 0 Å². The van der Waals surface area contributed by atoms with E-state index in [1.807, 2.05) is 29.2 Å². The second-order valence-electron chi connectivity index (χ2n) is 11.0. The summed E-state index contributed by atoms with van der Waals surface area (Å²) in [6, 6.07) is 11.9. The van der Waals surface area contributed by atoms with Gasteiger partial charge in [-0.2, -0.15) is 0 Å². The quantitative estimate of drug-likeness (QED) is 0.383. The molecule has 0 radical (unpaired) electrons. The summed E-state index contributed by atoms with van der Waals surface area (Å²) < 4.78 is 13.5. The molecule has 4 N–H and O–H groups in total. The molecule has 0 saturated carbocycles. The van der Waals surface area contributed by atoms with Crippen molar-refractivity contribution >= 4 is 29.3 Å². The van der Waals surface area contributed by atoms with Crippen LogP contribution in [0.1, 0.15) is 44.7 Å². The second-order valence-corrected chi connectivity index (χ2v) is 11.4. The largest absolute Gasteiger partial charge is 0.358 e. The maximum absolute atomic E-state index is 14.0. The first-order chi connectivity index (χ1) is 18.9. The van der Waals surface area contributed by atoms with Crippen LogP contribution in [0.25, 0.3) is 0 Å². The lowest BCUT2D eigenvalue weighted by molar-refractivity contribution is -0.143. The molecule has 2 aromatic carbocycles. The first-order valence-electron chi connectivity index (χ1n) is 13.8. The van der Waals surface area contributed by atoms with Crippen LogP contribution < -0.4 is 16.4 Å². The van der Waals surface area contributed by atoms with Gasteiger partial charge in [0.2, 0.25) is 17.7 Å². The van der Waals surface area contributed by atoms with Gasteiger partial charge in [-0.05, 0) is 62.1 Å². The summed E-state index contributed by atoms with van der Waals surface area (Å²) in [5, 5.41) is 6.26. The molecule has 0 aromatic heterocycles. The van der Waals surface area contributed by atoms with Crippen molar-refractivity contribution in [2.75, 3.05) is 26.7 Å². The molecule has 0 spiro atoms. The van der Waals surface area contributed by atoms with Gasteiger partial charge in [0.15, 0.2) is 0 Å². The molecule has 1 fully saturated rings. The highest BCUT2D eigenvalue weighted by molar-refractivity contribution is 6.30. The van der Waals surface area contributed by atoms with Crippen molar-refractivity contribution in [1.29, 1.82) is 0 Å². The molecule has 3 atom stereocenters. The fraction of sp³-hybridized carbons (Fsp3) is 0.500. The highest BCUT2D eigenvalue weighted by Crippen LogP contribution is 2.22. The van der Waals surface area contributed by atoms with E-state index in [4.69, 9.17) is 17.3 Å². The summed E-state index contributed by atoms with van der Waals surface area (Å²) in [6.07, 6.45) is 2.30. The van der Waals surface area contributed by atoms with E-state index in [1.54, 1.807) is 33.0 Å². The first kappa shape index (κ1) is 31.5. The molecule has 3 rings (SSSR count). The Morgan fingerprint density at radius 2 is 1.65 bits per heavy atom. The summed E-state index contributed by atoms with van der Waals surface area (Å²) in [6.45, 7) is 6.64. The predicted octanol–water partition coefficient (Wildman–Crippen LogP) is 2.91. The van der Waals surface area contributed by atoms with Gasteiger partial charge in [-0.25, -0.2) is 4.39 Å². The lowest BCUT2D eigenvalue weighted by Gasteiger charge is -2.45. The van der Waals surface area contributed by atoms with Crippen LogP contribution in [0.5, 0.6) is 0 Å². The number of halogens is 2. The van der Waals surface area contributed by atoms with Crippen molar-refractivity contribution in [3.05, 3.63) is 70.5 Å². The number of likely N-dealkylation sites (N-methyl/N-ethyl adjacent to an activating group) is 1. The number of nitrogens with zero attached hydrogens (tertiary/aromatic N) is 2. The van der Waals surface area contributed by atoms with Gasteiger partial charge in [-0.1, -0.05) is 49.2 Å². The van der Waals surface area contributed by atoms with E-state index in [0.29, 0.717) is 31.1 Å². The van der Waals surface area contributed by atoms with Gasteiger partial charge in [0, 0.05) is 44.2 Å². The van der Waals surface area contributed by atoms with E-state index in [9.17, 15) is 18.8 Å². The second kappa shape index (κ2) is 14.1. The van der Waals surface area contributed by atoms with Gasteiger partial charge in [0.05, 0.1) is 11.6 Å². The molecular weight excluding hydrogens is 533 g/mol. The number of hydrogen-bond donors (Lipinski definition) is 3. The number of hydrogen-bond acceptors (Lipinski definition) is 5. The third kappa shape index (κ3) is 8.49. The first-order valence-corrected chi connectivity index (χ1v) is 14.2. The number of carbonyl (C=O) groups excluding carboxylic acids is 3. The van der Waals surface area contributed by atoms with Crippen LogP contribution in [0, 0.1) is 5.82 Å². The lowest BCUT2D eigenvalue weighted by atomic mass is 9.97. The molecule has 1 heterocycles.